The second-order valence-corrected chi connectivity index (χ2v) is 13.5. The molecule has 4 nitrogen and oxygen atoms in total. The topological polar surface area (TPSA) is 57.8 Å². The van der Waals surface area contributed by atoms with Gasteiger partial charge in [-0.1, -0.05) is 68.4 Å². The lowest BCUT2D eigenvalue weighted by atomic mass is 9.44. The van der Waals surface area contributed by atoms with Crippen molar-refractivity contribution in [3.8, 4) is 0 Å². The first kappa shape index (κ1) is 29.5. The second kappa shape index (κ2) is 11.7. The number of fused-ring (bicyclic) bond motifs is 6. The first-order chi connectivity index (χ1) is 19.8. The number of hydrogen-bond acceptors (Lipinski definition) is 4. The molecule has 3 saturated carbocycles. The minimum atomic E-state index is 0.296. The molecule has 1 aromatic heterocycles. The van der Waals surface area contributed by atoms with Crippen LogP contribution < -0.4 is 0 Å². The molecule has 0 amide bonds. The molecular formula is C37H49N3O. The number of nitrogens with zero attached hydrogens (tertiary/aromatic N) is 3. The number of pyridine rings is 1. The zero-order valence-electron chi connectivity index (χ0n) is 25.9. The molecule has 0 aliphatic heterocycles. The van der Waals surface area contributed by atoms with Crippen LogP contribution in [0.1, 0.15) is 91.0 Å². The lowest BCUT2D eigenvalue weighted by Crippen LogP contribution is -2.52. The third-order valence-corrected chi connectivity index (χ3v) is 11.3. The van der Waals surface area contributed by atoms with Gasteiger partial charge in [0, 0.05) is 25.7 Å². The molecular weight excluding hydrogens is 502 g/mol. The zero-order chi connectivity index (χ0) is 29.3. The van der Waals surface area contributed by atoms with Crippen molar-refractivity contribution in [2.75, 3.05) is 7.05 Å². The molecule has 5 atom stereocenters. The first-order valence-corrected chi connectivity index (χ1v) is 15.7. The van der Waals surface area contributed by atoms with Gasteiger partial charge in [0.25, 0.3) is 0 Å². The van der Waals surface area contributed by atoms with Crippen molar-refractivity contribution in [2.45, 2.75) is 85.5 Å². The third kappa shape index (κ3) is 5.24. The molecule has 0 saturated heterocycles. The number of rotatable bonds is 5. The number of aliphatic imine (C=N–C) groups is 1. The fourth-order valence-electron chi connectivity index (χ4n) is 9.20. The van der Waals surface area contributed by atoms with E-state index in [1.807, 2.05) is 18.5 Å². The van der Waals surface area contributed by atoms with E-state index in [1.165, 1.54) is 49.7 Å². The van der Waals surface area contributed by atoms with Crippen LogP contribution in [0.4, 0.5) is 0 Å². The summed E-state index contributed by atoms with van der Waals surface area (Å²) in [7, 11) is 1.77. The van der Waals surface area contributed by atoms with Gasteiger partial charge in [-0.25, -0.2) is 0 Å². The van der Waals surface area contributed by atoms with Crippen molar-refractivity contribution in [1.82, 2.24) is 4.98 Å². The van der Waals surface area contributed by atoms with Gasteiger partial charge in [0.05, 0.1) is 5.71 Å². The van der Waals surface area contributed by atoms with E-state index < -0.39 is 0 Å². The molecule has 218 valence electrons. The van der Waals surface area contributed by atoms with Gasteiger partial charge in [0.2, 0.25) is 0 Å². The van der Waals surface area contributed by atoms with Gasteiger partial charge in [0.1, 0.15) is 0 Å². The van der Waals surface area contributed by atoms with Crippen LogP contribution in [-0.4, -0.2) is 29.2 Å². The summed E-state index contributed by atoms with van der Waals surface area (Å²) < 4.78 is 0. The Morgan fingerprint density at radius 2 is 1.98 bits per heavy atom. The van der Waals surface area contributed by atoms with Crippen LogP contribution in [0, 0.1) is 34.0 Å². The van der Waals surface area contributed by atoms with Crippen LogP contribution in [0.3, 0.4) is 0 Å². The van der Waals surface area contributed by atoms with E-state index in [2.05, 4.69) is 86.0 Å². The monoisotopic (exact) mass is 551 g/mol. The van der Waals surface area contributed by atoms with Gasteiger partial charge < -0.3 is 5.21 Å². The van der Waals surface area contributed by atoms with Crippen LogP contribution in [0.15, 0.2) is 88.4 Å². The molecule has 1 aromatic rings. The summed E-state index contributed by atoms with van der Waals surface area (Å²) in [6, 6.07) is 4.33. The van der Waals surface area contributed by atoms with Crippen LogP contribution in [0.2, 0.25) is 0 Å². The normalized spacial score (nSPS) is 34.7. The minimum Gasteiger partial charge on any atom is -0.411 e. The maximum Gasteiger partial charge on any atom is 0.0796 e. The Kier molecular flexibility index (Phi) is 8.41. The van der Waals surface area contributed by atoms with Gasteiger partial charge in [-0.15, -0.1) is 0 Å². The molecule has 1 N–H and O–H groups in total. The van der Waals surface area contributed by atoms with Gasteiger partial charge in [-0.05, 0) is 133 Å². The van der Waals surface area contributed by atoms with E-state index in [4.69, 9.17) is 0 Å². The molecule has 5 aliphatic rings. The van der Waals surface area contributed by atoms with Crippen LogP contribution >= 0.6 is 0 Å². The van der Waals surface area contributed by atoms with Gasteiger partial charge in [-0.2, -0.15) is 0 Å². The van der Waals surface area contributed by atoms with Gasteiger partial charge in [0.15, 0.2) is 0 Å². The van der Waals surface area contributed by atoms with E-state index in [1.54, 1.807) is 24.3 Å². The molecule has 3 fully saturated rings. The predicted molar refractivity (Wildman–Crippen MR) is 172 cm³/mol. The van der Waals surface area contributed by atoms with Crippen molar-refractivity contribution in [2.24, 2.45) is 44.1 Å². The van der Waals surface area contributed by atoms with Gasteiger partial charge >= 0.3 is 0 Å². The largest absolute Gasteiger partial charge is 0.411 e. The lowest BCUT2D eigenvalue weighted by molar-refractivity contribution is -0.0389. The van der Waals surface area contributed by atoms with Crippen molar-refractivity contribution in [3.63, 3.8) is 0 Å². The SMILES string of the molecule is C=C/C=C(C=NC)/C(C)=C/CC.CC12CCC3C(CC4(CC4)C4=C/C(=N/O)CCC43C)C1CC=C2c1cccnc1. The van der Waals surface area contributed by atoms with Crippen LogP contribution in [0.5, 0.6) is 0 Å². The Balaban J connectivity index is 0.000000241. The highest BCUT2D eigenvalue weighted by molar-refractivity contribution is 5.96. The molecule has 41 heavy (non-hydrogen) atoms. The van der Waals surface area contributed by atoms with Crippen LogP contribution in [-0.2, 0) is 0 Å². The summed E-state index contributed by atoms with van der Waals surface area (Å²) >= 11 is 0. The van der Waals surface area contributed by atoms with E-state index >= 15 is 0 Å². The maximum absolute atomic E-state index is 9.41. The van der Waals surface area contributed by atoms with Crippen molar-refractivity contribution >= 4 is 17.5 Å². The number of oxime groups is 1. The summed E-state index contributed by atoms with van der Waals surface area (Å²) in [5, 5.41) is 13.0. The average molecular weight is 552 g/mol. The predicted octanol–water partition coefficient (Wildman–Crippen LogP) is 9.41. The summed E-state index contributed by atoms with van der Waals surface area (Å²) in [6.45, 7) is 13.0. The smallest absolute Gasteiger partial charge is 0.0796 e. The first-order valence-electron chi connectivity index (χ1n) is 15.7. The molecule has 1 spiro atoms. The molecule has 5 unspecified atom stereocenters. The van der Waals surface area contributed by atoms with Crippen molar-refractivity contribution in [3.05, 3.63) is 83.8 Å². The Hall–Kier alpha value is -3.01. The summed E-state index contributed by atoms with van der Waals surface area (Å²) in [5.74, 6) is 2.36. The Morgan fingerprint density at radius 1 is 1.17 bits per heavy atom. The fraction of sp³-hybridized carbons (Fsp3) is 0.541. The Bertz CT molecular complexity index is 1320. The summed E-state index contributed by atoms with van der Waals surface area (Å²) in [6.07, 6.45) is 27.6. The van der Waals surface area contributed by atoms with Crippen molar-refractivity contribution < 1.29 is 5.21 Å². The van der Waals surface area contributed by atoms with Crippen LogP contribution in [0.25, 0.3) is 5.57 Å². The number of aromatic nitrogens is 1. The van der Waals surface area contributed by atoms with Crippen molar-refractivity contribution in [1.29, 1.82) is 0 Å². The highest BCUT2D eigenvalue weighted by Gasteiger charge is 2.65. The quantitative estimate of drug-likeness (QED) is 0.171. The number of hydrogen-bond donors (Lipinski definition) is 1. The molecule has 0 aromatic carbocycles. The number of allylic oxidation sites excluding steroid dienone is 9. The zero-order valence-corrected chi connectivity index (χ0v) is 25.9. The Labute approximate surface area is 247 Å². The maximum atomic E-state index is 9.41. The molecule has 4 heteroatoms. The van der Waals surface area contributed by atoms with E-state index in [-0.39, 0.29) is 0 Å². The Morgan fingerprint density at radius 3 is 2.61 bits per heavy atom. The fourth-order valence-corrected chi connectivity index (χ4v) is 9.20. The molecule has 6 rings (SSSR count). The molecule has 1 heterocycles. The average Bonchev–Trinajstić information content (AvgIpc) is 3.65. The highest BCUT2D eigenvalue weighted by atomic mass is 16.4. The highest BCUT2D eigenvalue weighted by Crippen LogP contribution is 2.74. The van der Waals surface area contributed by atoms with Gasteiger partial charge in [-0.3, -0.25) is 9.98 Å². The third-order valence-electron chi connectivity index (χ3n) is 11.3. The van der Waals surface area contributed by atoms with E-state index in [0.717, 1.165) is 48.3 Å². The van der Waals surface area contributed by atoms with E-state index in [0.29, 0.717) is 16.2 Å². The molecule has 5 aliphatic carbocycles. The molecule has 0 radical (unpaired) electrons. The summed E-state index contributed by atoms with van der Waals surface area (Å²) in [4.78, 5) is 8.39. The lowest BCUT2D eigenvalue weighted by Gasteiger charge is -2.60. The summed E-state index contributed by atoms with van der Waals surface area (Å²) in [5.41, 5.74) is 8.83. The molecule has 0 bridgehead atoms. The minimum absolute atomic E-state index is 0.296. The van der Waals surface area contributed by atoms with E-state index in [9.17, 15) is 5.21 Å². The standard InChI is InChI=1S/C26H32N2O.C11H17N/c1-24-10-8-22-19(21(24)6-5-20(24)17-4-3-13-27-16-17)15-26(11-12-26)23-14-18(28-29)7-9-25(22,23)2;1-5-7-10(3)11(8-6-2)9-12-4/h3-5,13-14,16,19,21-22,29H,6-12,15H2,1-2H3;6-9H,2,5H2,1,3-4H3/b28-18+;10-7+,11-8+,12-9?. The second-order valence-electron chi connectivity index (χ2n) is 13.5.